The molecule has 0 aromatic heterocycles. The quantitative estimate of drug-likeness (QED) is 0.0143. The van der Waals surface area contributed by atoms with Gasteiger partial charge in [0.1, 0.15) is 24.9 Å². The van der Waals surface area contributed by atoms with Crippen LogP contribution in [-0.4, -0.2) is 113 Å². The van der Waals surface area contributed by atoms with Crippen LogP contribution in [0, 0.1) is 35.5 Å². The lowest BCUT2D eigenvalue weighted by Gasteiger charge is -2.15. The van der Waals surface area contributed by atoms with Gasteiger partial charge in [-0.15, -0.1) is 0 Å². The molecule has 1 atom stereocenters. The van der Waals surface area contributed by atoms with Crippen molar-refractivity contribution < 1.29 is 33.3 Å². The van der Waals surface area contributed by atoms with Crippen LogP contribution in [0.15, 0.2) is 29.4 Å². The van der Waals surface area contributed by atoms with Gasteiger partial charge in [0.25, 0.3) is 5.91 Å². The summed E-state index contributed by atoms with van der Waals surface area (Å²) in [5.41, 5.74) is 9.22. The summed E-state index contributed by atoms with van der Waals surface area (Å²) in [7, 11) is 3.53. The molecular formula is C40H66N8O7S2. The Balaban J connectivity index is 0.00000123. The van der Waals surface area contributed by atoms with Gasteiger partial charge in [-0.25, -0.2) is 0 Å². The van der Waals surface area contributed by atoms with E-state index in [0.29, 0.717) is 67.9 Å². The third-order valence-corrected chi connectivity index (χ3v) is 8.67. The van der Waals surface area contributed by atoms with Crippen molar-refractivity contribution in [2.24, 2.45) is 17.0 Å². The molecule has 0 aliphatic rings. The molecule has 0 saturated carbocycles. The van der Waals surface area contributed by atoms with Gasteiger partial charge in [-0.3, -0.25) is 14.4 Å². The lowest BCUT2D eigenvalue weighted by Crippen LogP contribution is -2.34. The molecule has 57 heavy (non-hydrogen) atoms. The Kier molecular flexibility index (Phi) is 34.3. The highest BCUT2D eigenvalue weighted by atomic mass is 33.1. The van der Waals surface area contributed by atoms with Crippen molar-refractivity contribution in [1.29, 1.82) is 0 Å². The van der Waals surface area contributed by atoms with Crippen molar-refractivity contribution >= 4 is 39.3 Å². The number of amides is 3. The van der Waals surface area contributed by atoms with E-state index in [4.69, 9.17) is 24.5 Å². The Morgan fingerprint density at radius 1 is 0.807 bits per heavy atom. The fourth-order valence-electron chi connectivity index (χ4n) is 3.96. The molecule has 0 aliphatic heterocycles. The average molecular weight is 835 g/mol. The summed E-state index contributed by atoms with van der Waals surface area (Å²) in [6, 6.07) is 7.57. The van der Waals surface area contributed by atoms with E-state index >= 15 is 0 Å². The number of carbonyl (C=O) groups excluding carboxylic acids is 3. The second-order valence-electron chi connectivity index (χ2n) is 13.5. The number of rotatable bonds is 28. The summed E-state index contributed by atoms with van der Waals surface area (Å²) in [5, 5.41) is 18.4. The van der Waals surface area contributed by atoms with Crippen LogP contribution in [0.2, 0.25) is 0 Å². The van der Waals surface area contributed by atoms with Crippen LogP contribution in [0.25, 0.3) is 10.4 Å². The van der Waals surface area contributed by atoms with Crippen molar-refractivity contribution in [3.8, 4) is 29.4 Å². The first-order chi connectivity index (χ1) is 27.3. The molecule has 0 radical (unpaired) electrons. The van der Waals surface area contributed by atoms with E-state index in [1.807, 2.05) is 52.3 Å². The molecule has 3 amide bonds. The first-order valence-electron chi connectivity index (χ1n) is 19.4. The molecule has 1 aromatic rings. The molecule has 0 spiro atoms. The van der Waals surface area contributed by atoms with Crippen LogP contribution in [0.1, 0.15) is 78.6 Å². The van der Waals surface area contributed by atoms with E-state index in [1.54, 1.807) is 35.1 Å². The predicted molar refractivity (Wildman–Crippen MR) is 232 cm³/mol. The third kappa shape index (κ3) is 36.4. The van der Waals surface area contributed by atoms with Crippen molar-refractivity contribution in [2.45, 2.75) is 86.5 Å². The molecule has 0 bridgehead atoms. The van der Waals surface area contributed by atoms with E-state index in [9.17, 15) is 14.4 Å². The van der Waals surface area contributed by atoms with Crippen LogP contribution in [-0.2, 0) is 23.8 Å². The Hall–Kier alpha value is -3.64. The second-order valence-corrected chi connectivity index (χ2v) is 16.0. The zero-order valence-corrected chi connectivity index (χ0v) is 36.7. The number of azide groups is 1. The molecular weight excluding hydrogens is 769 g/mol. The Morgan fingerprint density at radius 2 is 1.47 bits per heavy atom. The molecule has 0 fully saturated rings. The molecule has 0 saturated heterocycles. The van der Waals surface area contributed by atoms with Gasteiger partial charge in [0.05, 0.1) is 26.3 Å². The Morgan fingerprint density at radius 3 is 2.12 bits per heavy atom. The maximum atomic E-state index is 12.3. The second kappa shape index (κ2) is 36.7. The average Bonchev–Trinajstić information content (AvgIpc) is 3.16. The van der Waals surface area contributed by atoms with Crippen molar-refractivity contribution in [2.75, 3.05) is 77.4 Å². The molecule has 5 N–H and O–H groups in total. The fraction of sp³-hybridized carbons (Fsp3) is 0.675. The third-order valence-electron chi connectivity index (χ3n) is 6.58. The van der Waals surface area contributed by atoms with Crippen molar-refractivity contribution in [3.05, 3.63) is 40.3 Å². The summed E-state index contributed by atoms with van der Waals surface area (Å²) in [4.78, 5) is 38.2. The first kappa shape index (κ1) is 53.4. The number of nitrogens with one attached hydrogen (secondary N) is 5. The SMILES string of the molecule is CC(C)C#CCNC(=O)CCCOCSSCCNC(C)C.CC(C)C#CCNC(=O)COCCOC(COc1cccc(C(=O)NCCNC(C)C)c1)N=[N+]=[N-]. The highest BCUT2D eigenvalue weighted by Crippen LogP contribution is 2.20. The molecule has 0 heterocycles. The summed E-state index contributed by atoms with van der Waals surface area (Å²) in [6.07, 6.45) is 0.353. The summed E-state index contributed by atoms with van der Waals surface area (Å²) in [5.74, 6) is 14.1. The van der Waals surface area contributed by atoms with E-state index in [-0.39, 0.29) is 56.6 Å². The van der Waals surface area contributed by atoms with E-state index in [2.05, 4.69) is 74.1 Å². The van der Waals surface area contributed by atoms with E-state index in [0.717, 1.165) is 18.7 Å². The Bertz CT molecular complexity index is 1420. The molecule has 1 aromatic carbocycles. The molecule has 1 rings (SSSR count). The summed E-state index contributed by atoms with van der Waals surface area (Å²) >= 11 is 0. The van der Waals surface area contributed by atoms with Gasteiger partial charge in [0.2, 0.25) is 11.8 Å². The zero-order valence-electron chi connectivity index (χ0n) is 35.1. The van der Waals surface area contributed by atoms with Gasteiger partial charge in [0.15, 0.2) is 6.23 Å². The predicted octanol–water partition coefficient (Wildman–Crippen LogP) is 5.13. The molecule has 15 nitrogen and oxygen atoms in total. The standard InChI is InChI=1S/C24H36N6O5.C16H30N2O2S2/c1-18(2)7-6-10-27-22(31)16-33-13-14-34-23(29-30-25)17-35-21-9-5-8-20(15-21)24(32)28-12-11-26-19(3)4;1-14(2)7-5-9-18-16(19)8-6-11-20-13-22-21-12-10-17-15(3)4/h5,8-9,15,18-19,23,26H,10-14,16-17H2,1-4H3,(H,27,31)(H,28,32);14-15,17H,6,8-13H2,1-4H3,(H,18,19). The first-order valence-corrected chi connectivity index (χ1v) is 21.9. The number of ether oxygens (including phenoxy) is 4. The normalized spacial score (nSPS) is 11.0. The molecule has 1 unspecified atom stereocenters. The topological polar surface area (TPSA) is 197 Å². The lowest BCUT2D eigenvalue weighted by atomic mass is 10.2. The largest absolute Gasteiger partial charge is 0.491 e. The van der Waals surface area contributed by atoms with Gasteiger partial charge < -0.3 is 45.5 Å². The van der Waals surface area contributed by atoms with Crippen molar-refractivity contribution in [3.63, 3.8) is 0 Å². The number of hydrogen-bond donors (Lipinski definition) is 5. The van der Waals surface area contributed by atoms with Gasteiger partial charge in [-0.2, -0.15) is 0 Å². The summed E-state index contributed by atoms with van der Waals surface area (Å²) in [6.45, 7) is 19.9. The monoisotopic (exact) mass is 834 g/mol. The minimum absolute atomic E-state index is 0.0449. The summed E-state index contributed by atoms with van der Waals surface area (Å²) < 4.78 is 21.8. The maximum Gasteiger partial charge on any atom is 0.251 e. The van der Waals surface area contributed by atoms with Crippen LogP contribution < -0.4 is 31.3 Å². The Labute approximate surface area is 348 Å². The maximum absolute atomic E-state index is 12.3. The van der Waals surface area contributed by atoms with E-state index in [1.165, 1.54) is 0 Å². The van der Waals surface area contributed by atoms with E-state index < -0.39 is 6.23 Å². The molecule has 320 valence electrons. The van der Waals surface area contributed by atoms with Gasteiger partial charge in [-0.05, 0) is 30.2 Å². The van der Waals surface area contributed by atoms with Crippen LogP contribution >= 0.6 is 21.6 Å². The van der Waals surface area contributed by atoms with Crippen LogP contribution in [0.3, 0.4) is 0 Å². The van der Waals surface area contributed by atoms with Crippen LogP contribution in [0.5, 0.6) is 5.75 Å². The van der Waals surface area contributed by atoms with Gasteiger partial charge >= 0.3 is 0 Å². The fourth-order valence-corrected chi connectivity index (χ4v) is 5.54. The van der Waals surface area contributed by atoms with Gasteiger partial charge in [-0.1, -0.05) is 112 Å². The van der Waals surface area contributed by atoms with Crippen LogP contribution in [0.4, 0.5) is 0 Å². The number of benzene rings is 1. The zero-order chi connectivity index (χ0) is 42.5. The molecule has 17 heteroatoms. The smallest absolute Gasteiger partial charge is 0.251 e. The minimum atomic E-state index is -0.900. The number of hydrogen-bond acceptors (Lipinski definition) is 12. The van der Waals surface area contributed by atoms with Gasteiger partial charge in [0, 0.05) is 72.8 Å². The highest BCUT2D eigenvalue weighted by Gasteiger charge is 2.11. The van der Waals surface area contributed by atoms with Crippen molar-refractivity contribution in [1.82, 2.24) is 26.6 Å². The highest BCUT2D eigenvalue weighted by molar-refractivity contribution is 8.76. The number of carbonyl (C=O) groups is 3. The lowest BCUT2D eigenvalue weighted by molar-refractivity contribution is -0.126. The number of nitrogens with zero attached hydrogens (tertiary/aromatic N) is 3. The molecule has 0 aliphatic carbocycles. The minimum Gasteiger partial charge on any atom is -0.491 e.